The molecule has 3 N–H and O–H groups in total. The van der Waals surface area contributed by atoms with Crippen molar-refractivity contribution in [2.75, 3.05) is 17.2 Å². The number of amides is 1. The van der Waals surface area contributed by atoms with Gasteiger partial charge in [-0.2, -0.15) is 0 Å². The van der Waals surface area contributed by atoms with Gasteiger partial charge in [0.25, 0.3) is 11.5 Å². The largest absolute Gasteiger partial charge is 0.485 e. The number of rotatable bonds is 7. The van der Waals surface area contributed by atoms with E-state index in [1.807, 2.05) is 6.92 Å². The quantitative estimate of drug-likeness (QED) is 0.573. The van der Waals surface area contributed by atoms with Gasteiger partial charge in [-0.1, -0.05) is 25.5 Å². The van der Waals surface area contributed by atoms with Crippen LogP contribution in [0.3, 0.4) is 0 Å². The van der Waals surface area contributed by atoms with E-state index in [-0.39, 0.29) is 24.7 Å². The van der Waals surface area contributed by atoms with Crippen molar-refractivity contribution in [3.63, 3.8) is 0 Å². The molecule has 32 heavy (non-hydrogen) atoms. The van der Waals surface area contributed by atoms with Gasteiger partial charge in [-0.05, 0) is 30.7 Å². The van der Waals surface area contributed by atoms with Gasteiger partial charge >= 0.3 is 5.69 Å². The number of fused-ring (bicyclic) bond motifs is 1. The maximum atomic E-state index is 13.5. The van der Waals surface area contributed by atoms with E-state index < -0.39 is 23.3 Å². The number of nitrogens with one attached hydrogen (secondary N) is 1. The van der Waals surface area contributed by atoms with Crippen molar-refractivity contribution in [1.82, 2.24) is 9.55 Å². The predicted octanol–water partition coefficient (Wildman–Crippen LogP) is 1.89. The number of ether oxygens (including phenoxy) is 2. The lowest BCUT2D eigenvalue weighted by Crippen LogP contribution is -2.49. The third kappa shape index (κ3) is 4.11. The van der Waals surface area contributed by atoms with E-state index in [2.05, 4.69) is 4.98 Å². The van der Waals surface area contributed by atoms with Crippen LogP contribution in [0, 0.1) is 0 Å². The zero-order valence-corrected chi connectivity index (χ0v) is 17.6. The molecule has 1 amide bonds. The predicted molar refractivity (Wildman–Crippen MR) is 117 cm³/mol. The van der Waals surface area contributed by atoms with Gasteiger partial charge in [0, 0.05) is 6.54 Å². The molecule has 0 aliphatic carbocycles. The summed E-state index contributed by atoms with van der Waals surface area (Å²) in [4.78, 5) is 42.1. The molecular weight excluding hydrogens is 416 g/mol. The lowest BCUT2D eigenvalue weighted by atomic mass is 10.2. The van der Waals surface area contributed by atoms with Crippen LogP contribution in [0.25, 0.3) is 0 Å². The number of hydrogen-bond donors (Lipinski definition) is 2. The van der Waals surface area contributed by atoms with E-state index in [9.17, 15) is 14.4 Å². The van der Waals surface area contributed by atoms with Crippen molar-refractivity contribution in [2.24, 2.45) is 0 Å². The summed E-state index contributed by atoms with van der Waals surface area (Å²) in [5.74, 6) is 0.739. The summed E-state index contributed by atoms with van der Waals surface area (Å²) < 4.78 is 18.2. The van der Waals surface area contributed by atoms with Gasteiger partial charge in [-0.3, -0.25) is 24.0 Å². The molecule has 0 unspecified atom stereocenters. The molecule has 1 aliphatic rings. The number of unbranched alkanes of at least 4 members (excludes halogenated alkanes) is 1. The smallest absolute Gasteiger partial charge is 0.330 e. The number of aromatic amines is 1. The Labute approximate surface area is 183 Å². The van der Waals surface area contributed by atoms with E-state index in [1.54, 1.807) is 36.4 Å². The molecule has 3 aromatic rings. The number of nitrogens with zero attached hydrogens (tertiary/aromatic N) is 2. The number of benzene rings is 1. The van der Waals surface area contributed by atoms with Crippen LogP contribution in [0.4, 0.5) is 11.5 Å². The number of aromatic nitrogens is 2. The minimum Gasteiger partial charge on any atom is -0.485 e. The van der Waals surface area contributed by atoms with Crippen LogP contribution >= 0.6 is 0 Å². The zero-order valence-electron chi connectivity index (χ0n) is 17.6. The minimum absolute atomic E-state index is 0.0439. The second-order valence-corrected chi connectivity index (χ2v) is 7.37. The molecule has 0 radical (unpaired) electrons. The average molecular weight is 440 g/mol. The first-order valence-electron chi connectivity index (χ1n) is 10.3. The highest BCUT2D eigenvalue weighted by molar-refractivity contribution is 5.98. The van der Waals surface area contributed by atoms with Gasteiger partial charge < -0.3 is 19.6 Å². The summed E-state index contributed by atoms with van der Waals surface area (Å²) in [6, 6.07) is 10.3. The number of nitrogens with two attached hydrogens (primary N) is 1. The van der Waals surface area contributed by atoms with Gasteiger partial charge in [-0.15, -0.1) is 0 Å². The number of para-hydroxylation sites is 2. The highest BCUT2D eigenvalue weighted by atomic mass is 16.6. The molecule has 0 fully saturated rings. The number of H-pyrrole nitrogens is 1. The fourth-order valence-electron chi connectivity index (χ4n) is 3.52. The van der Waals surface area contributed by atoms with Gasteiger partial charge in [0.1, 0.15) is 18.2 Å². The van der Waals surface area contributed by atoms with Crippen molar-refractivity contribution in [1.29, 1.82) is 0 Å². The van der Waals surface area contributed by atoms with Crippen LogP contribution in [0.15, 0.2) is 56.7 Å². The van der Waals surface area contributed by atoms with E-state index in [1.165, 1.54) is 15.7 Å². The second kappa shape index (κ2) is 9.04. The Hall–Kier alpha value is -3.95. The molecule has 1 aromatic carbocycles. The molecule has 3 heterocycles. The van der Waals surface area contributed by atoms with Crippen molar-refractivity contribution < 1.29 is 18.7 Å². The van der Waals surface area contributed by atoms with Gasteiger partial charge in [-0.25, -0.2) is 4.79 Å². The number of carbonyl (C=O) groups is 1. The molecule has 0 saturated heterocycles. The summed E-state index contributed by atoms with van der Waals surface area (Å²) in [6.07, 6.45) is 1.94. The summed E-state index contributed by atoms with van der Waals surface area (Å²) >= 11 is 0. The summed E-state index contributed by atoms with van der Waals surface area (Å²) in [5.41, 5.74) is 4.72. The number of carbonyl (C=O) groups excluding carboxylic acids is 1. The van der Waals surface area contributed by atoms with Crippen LogP contribution in [0.1, 0.15) is 25.5 Å². The lowest BCUT2D eigenvalue weighted by molar-refractivity contribution is -0.127. The molecule has 0 spiro atoms. The molecule has 168 valence electrons. The number of hydrogen-bond acceptors (Lipinski definition) is 7. The molecule has 1 atom stereocenters. The zero-order chi connectivity index (χ0) is 22.7. The first-order chi connectivity index (χ1) is 15.5. The number of nitrogen functional groups attached to an aromatic ring is 1. The first-order valence-corrected chi connectivity index (χ1v) is 10.3. The molecule has 0 saturated carbocycles. The van der Waals surface area contributed by atoms with Gasteiger partial charge in [0.05, 0.1) is 12.8 Å². The van der Waals surface area contributed by atoms with Crippen molar-refractivity contribution in [3.05, 3.63) is 69.3 Å². The summed E-state index contributed by atoms with van der Waals surface area (Å²) in [6.45, 7) is 2.16. The molecule has 10 heteroatoms. The highest BCUT2D eigenvalue weighted by Gasteiger charge is 2.35. The normalized spacial score (nSPS) is 14.8. The van der Waals surface area contributed by atoms with Crippen molar-refractivity contribution in [3.8, 4) is 11.5 Å². The van der Waals surface area contributed by atoms with E-state index in [0.717, 1.165) is 6.42 Å². The van der Waals surface area contributed by atoms with Gasteiger partial charge in [0.15, 0.2) is 17.2 Å². The van der Waals surface area contributed by atoms with Gasteiger partial charge in [0.2, 0.25) is 6.10 Å². The number of furan rings is 1. The number of anilines is 2. The standard InChI is InChI=1S/C22H24N4O6/c1-2-3-10-25-19(23)18(20(27)24-22(25)29)26(12-14-7-6-11-30-14)21(28)17-13-31-15-8-4-5-9-16(15)32-17/h4-9,11,17H,2-3,10,12-13,23H2,1H3,(H,24,27,29)/t17-/m1/s1. The van der Waals surface area contributed by atoms with Crippen LogP contribution in [0.2, 0.25) is 0 Å². The molecule has 4 rings (SSSR count). The monoisotopic (exact) mass is 440 g/mol. The Balaban J connectivity index is 1.74. The fourth-order valence-corrected chi connectivity index (χ4v) is 3.52. The topological polar surface area (TPSA) is 133 Å². The maximum absolute atomic E-state index is 13.5. The Bertz CT molecular complexity index is 1210. The van der Waals surface area contributed by atoms with Crippen LogP contribution < -0.4 is 31.4 Å². The Morgan fingerprint density at radius 3 is 2.72 bits per heavy atom. The molecule has 1 aliphatic heterocycles. The highest BCUT2D eigenvalue weighted by Crippen LogP contribution is 2.32. The molecule has 10 nitrogen and oxygen atoms in total. The van der Waals surface area contributed by atoms with Crippen molar-refractivity contribution in [2.45, 2.75) is 39.0 Å². The second-order valence-electron chi connectivity index (χ2n) is 7.37. The summed E-state index contributed by atoms with van der Waals surface area (Å²) in [5, 5.41) is 0. The Kier molecular flexibility index (Phi) is 6.02. The Morgan fingerprint density at radius 2 is 2.00 bits per heavy atom. The maximum Gasteiger partial charge on any atom is 0.330 e. The van der Waals surface area contributed by atoms with Crippen LogP contribution in [-0.4, -0.2) is 28.2 Å². The average Bonchev–Trinajstić information content (AvgIpc) is 3.30. The van der Waals surface area contributed by atoms with E-state index in [0.29, 0.717) is 30.2 Å². The third-order valence-corrected chi connectivity index (χ3v) is 5.16. The molecular formula is C22H24N4O6. The Morgan fingerprint density at radius 1 is 1.22 bits per heavy atom. The lowest BCUT2D eigenvalue weighted by Gasteiger charge is -2.30. The summed E-state index contributed by atoms with van der Waals surface area (Å²) in [7, 11) is 0. The minimum atomic E-state index is -1.02. The molecule has 2 aromatic heterocycles. The van der Waals surface area contributed by atoms with E-state index >= 15 is 0 Å². The van der Waals surface area contributed by atoms with Crippen molar-refractivity contribution >= 4 is 17.4 Å². The van der Waals surface area contributed by atoms with Crippen LogP contribution in [0.5, 0.6) is 11.5 Å². The van der Waals surface area contributed by atoms with Crippen LogP contribution in [-0.2, 0) is 17.9 Å². The van der Waals surface area contributed by atoms with E-state index in [4.69, 9.17) is 19.6 Å². The molecule has 0 bridgehead atoms. The fraction of sp³-hybridized carbons (Fsp3) is 0.318. The first kappa shape index (κ1) is 21.3. The third-order valence-electron chi connectivity index (χ3n) is 5.16. The SMILES string of the molecule is CCCCn1c(N)c(N(Cc2ccco2)C(=O)[C@H]2COc3ccccc3O2)c(=O)[nH]c1=O.